The lowest BCUT2D eigenvalue weighted by atomic mass is 10.1. The van der Waals surface area contributed by atoms with Crippen LogP contribution in [0.2, 0.25) is 0 Å². The Bertz CT molecular complexity index is 635. The fraction of sp³-hybridized carbons (Fsp3) is 0.400. The molecule has 0 saturated heterocycles. The summed E-state index contributed by atoms with van der Waals surface area (Å²) < 4.78 is 0.839. The van der Waals surface area contributed by atoms with Crippen LogP contribution in [0.15, 0.2) is 28.6 Å². The second kappa shape index (κ2) is 6.15. The van der Waals surface area contributed by atoms with Gasteiger partial charge in [-0.3, -0.25) is 4.79 Å². The lowest BCUT2D eigenvalue weighted by molar-refractivity contribution is 0.0994. The first kappa shape index (κ1) is 14.5. The topological polar surface area (TPSA) is 54.9 Å². The van der Waals surface area contributed by atoms with Crippen LogP contribution in [0.5, 0.6) is 0 Å². The lowest BCUT2D eigenvalue weighted by Gasteiger charge is -2.08. The number of anilines is 1. The van der Waals surface area contributed by atoms with Crippen molar-refractivity contribution in [3.8, 4) is 0 Å². The van der Waals surface area contributed by atoms with Gasteiger partial charge in [0.15, 0.2) is 10.1 Å². The van der Waals surface area contributed by atoms with Crippen molar-refractivity contribution in [2.24, 2.45) is 0 Å². The van der Waals surface area contributed by atoms with Crippen LogP contribution in [0.25, 0.3) is 0 Å². The molecule has 1 aliphatic carbocycles. The van der Waals surface area contributed by atoms with Gasteiger partial charge >= 0.3 is 0 Å². The number of thioether (sulfide) groups is 1. The minimum absolute atomic E-state index is 0.131. The fourth-order valence-corrected chi connectivity index (χ4v) is 3.93. The first-order chi connectivity index (χ1) is 10.1. The summed E-state index contributed by atoms with van der Waals surface area (Å²) in [5.74, 6) is 0.131. The molecule has 1 heterocycles. The number of rotatable bonds is 6. The van der Waals surface area contributed by atoms with E-state index in [1.807, 2.05) is 38.1 Å². The lowest BCUT2D eigenvalue weighted by Crippen LogP contribution is -2.13. The summed E-state index contributed by atoms with van der Waals surface area (Å²) >= 11 is 3.00. The third kappa shape index (κ3) is 3.83. The van der Waals surface area contributed by atoms with Gasteiger partial charge in [0, 0.05) is 11.6 Å². The van der Waals surface area contributed by atoms with Gasteiger partial charge in [0.2, 0.25) is 5.13 Å². The molecule has 0 aliphatic heterocycles. The highest BCUT2D eigenvalue weighted by molar-refractivity contribution is 8.02. The first-order valence-corrected chi connectivity index (χ1v) is 8.69. The Hall–Kier alpha value is -1.40. The molecule has 3 rings (SSSR count). The SMILES string of the molecule is Cc1ccc(C(=O)C(C)Sc2nnc(NC3CC3)s2)cc1. The van der Waals surface area contributed by atoms with Crippen LogP contribution < -0.4 is 5.32 Å². The summed E-state index contributed by atoms with van der Waals surface area (Å²) in [6.07, 6.45) is 2.43. The molecule has 1 saturated carbocycles. The van der Waals surface area contributed by atoms with E-state index in [2.05, 4.69) is 15.5 Å². The third-order valence-electron chi connectivity index (χ3n) is 3.29. The number of ketones is 1. The highest BCUT2D eigenvalue weighted by Gasteiger charge is 2.23. The largest absolute Gasteiger partial charge is 0.357 e. The van der Waals surface area contributed by atoms with Crippen molar-refractivity contribution < 1.29 is 4.79 Å². The zero-order valence-corrected chi connectivity index (χ0v) is 13.6. The summed E-state index contributed by atoms with van der Waals surface area (Å²) in [6, 6.07) is 8.27. The Balaban J connectivity index is 1.61. The van der Waals surface area contributed by atoms with E-state index in [4.69, 9.17) is 0 Å². The van der Waals surface area contributed by atoms with E-state index in [0.29, 0.717) is 6.04 Å². The average molecular weight is 319 g/mol. The monoisotopic (exact) mass is 319 g/mol. The second-order valence-corrected chi connectivity index (χ2v) is 7.85. The number of hydrogen-bond donors (Lipinski definition) is 1. The molecular weight excluding hydrogens is 302 g/mol. The number of carbonyl (C=O) groups excluding carboxylic acids is 1. The number of Topliss-reactive ketones (excluding diaryl/α,β-unsaturated/α-hetero) is 1. The molecule has 1 atom stereocenters. The molecule has 0 radical (unpaired) electrons. The normalized spacial score (nSPS) is 15.7. The van der Waals surface area contributed by atoms with Crippen molar-refractivity contribution in [1.29, 1.82) is 0 Å². The van der Waals surface area contributed by atoms with Gasteiger partial charge in [0.1, 0.15) is 0 Å². The number of nitrogens with zero attached hydrogens (tertiary/aromatic N) is 2. The molecule has 0 spiro atoms. The van der Waals surface area contributed by atoms with E-state index in [0.717, 1.165) is 20.6 Å². The summed E-state index contributed by atoms with van der Waals surface area (Å²) in [4.78, 5) is 12.4. The van der Waals surface area contributed by atoms with Crippen LogP contribution in [-0.4, -0.2) is 27.3 Å². The first-order valence-electron chi connectivity index (χ1n) is 6.99. The summed E-state index contributed by atoms with van der Waals surface area (Å²) in [6.45, 7) is 3.93. The number of aromatic nitrogens is 2. The molecule has 1 N–H and O–H groups in total. The highest BCUT2D eigenvalue weighted by Crippen LogP contribution is 2.32. The van der Waals surface area contributed by atoms with E-state index < -0.39 is 0 Å². The van der Waals surface area contributed by atoms with E-state index >= 15 is 0 Å². The number of benzene rings is 1. The van der Waals surface area contributed by atoms with Crippen LogP contribution in [-0.2, 0) is 0 Å². The molecule has 2 aromatic rings. The number of nitrogens with one attached hydrogen (secondary N) is 1. The quantitative estimate of drug-likeness (QED) is 0.648. The van der Waals surface area contributed by atoms with Crippen LogP contribution in [0.3, 0.4) is 0 Å². The molecule has 4 nitrogen and oxygen atoms in total. The third-order valence-corrected chi connectivity index (χ3v) is 5.33. The van der Waals surface area contributed by atoms with Gasteiger partial charge in [-0.25, -0.2) is 0 Å². The van der Waals surface area contributed by atoms with E-state index in [1.165, 1.54) is 35.9 Å². The zero-order valence-electron chi connectivity index (χ0n) is 12.0. The molecule has 21 heavy (non-hydrogen) atoms. The summed E-state index contributed by atoms with van der Waals surface area (Å²) in [5, 5.41) is 12.3. The highest BCUT2D eigenvalue weighted by atomic mass is 32.2. The van der Waals surface area contributed by atoms with E-state index in [-0.39, 0.29) is 11.0 Å². The van der Waals surface area contributed by atoms with Gasteiger partial charge < -0.3 is 5.32 Å². The van der Waals surface area contributed by atoms with E-state index in [9.17, 15) is 4.79 Å². The summed E-state index contributed by atoms with van der Waals surface area (Å²) in [7, 11) is 0. The van der Waals surface area contributed by atoms with E-state index in [1.54, 1.807) is 0 Å². The van der Waals surface area contributed by atoms with Crippen molar-refractivity contribution in [2.75, 3.05) is 5.32 Å². The molecule has 1 unspecified atom stereocenters. The fourth-order valence-electron chi connectivity index (χ4n) is 1.88. The van der Waals surface area contributed by atoms with Crippen LogP contribution in [0.1, 0.15) is 35.7 Å². The maximum Gasteiger partial charge on any atom is 0.206 e. The smallest absolute Gasteiger partial charge is 0.206 e. The molecule has 1 aliphatic rings. The zero-order chi connectivity index (χ0) is 14.8. The van der Waals surface area contributed by atoms with Crippen LogP contribution >= 0.6 is 23.1 Å². The Morgan fingerprint density at radius 2 is 2.05 bits per heavy atom. The molecule has 1 fully saturated rings. The molecule has 6 heteroatoms. The number of carbonyl (C=O) groups is 1. The average Bonchev–Trinajstić information content (AvgIpc) is 3.18. The minimum atomic E-state index is -0.158. The standard InChI is InChI=1S/C15H17N3OS2/c1-9-3-5-11(6-4-9)13(19)10(2)20-15-18-17-14(21-15)16-12-7-8-12/h3-6,10,12H,7-8H2,1-2H3,(H,16,17). The predicted octanol–water partition coefficient (Wildman–Crippen LogP) is 3.78. The maximum atomic E-state index is 12.4. The van der Waals surface area contributed by atoms with Crippen molar-refractivity contribution in [3.63, 3.8) is 0 Å². The number of aryl methyl sites for hydroxylation is 1. The number of hydrogen-bond acceptors (Lipinski definition) is 6. The van der Waals surface area contributed by atoms with Crippen molar-refractivity contribution in [2.45, 2.75) is 42.3 Å². The molecule has 1 aromatic heterocycles. The minimum Gasteiger partial charge on any atom is -0.357 e. The molecule has 0 amide bonds. The van der Waals surface area contributed by atoms with Crippen molar-refractivity contribution in [3.05, 3.63) is 35.4 Å². The maximum absolute atomic E-state index is 12.4. The van der Waals surface area contributed by atoms with Gasteiger partial charge in [-0.2, -0.15) is 0 Å². The van der Waals surface area contributed by atoms with Gasteiger partial charge in [-0.05, 0) is 26.7 Å². The summed E-state index contributed by atoms with van der Waals surface area (Å²) in [5.41, 5.74) is 1.91. The Morgan fingerprint density at radius 1 is 1.33 bits per heavy atom. The van der Waals surface area contributed by atoms with Gasteiger partial charge in [0.05, 0.1) is 5.25 Å². The second-order valence-electron chi connectivity index (χ2n) is 5.28. The Labute approximate surface area is 132 Å². The van der Waals surface area contributed by atoms with Gasteiger partial charge in [-0.15, -0.1) is 10.2 Å². The van der Waals surface area contributed by atoms with Crippen LogP contribution in [0, 0.1) is 6.92 Å². The molecular formula is C15H17N3OS2. The molecule has 1 aromatic carbocycles. The predicted molar refractivity (Wildman–Crippen MR) is 87.4 cm³/mol. The Kier molecular flexibility index (Phi) is 4.26. The molecule has 0 bridgehead atoms. The van der Waals surface area contributed by atoms with Crippen LogP contribution in [0.4, 0.5) is 5.13 Å². The van der Waals surface area contributed by atoms with Gasteiger partial charge in [0.25, 0.3) is 0 Å². The molecule has 110 valence electrons. The van der Waals surface area contributed by atoms with Gasteiger partial charge in [-0.1, -0.05) is 52.9 Å². The Morgan fingerprint density at radius 3 is 2.71 bits per heavy atom. The van der Waals surface area contributed by atoms with Crippen molar-refractivity contribution >= 4 is 34.0 Å². The van der Waals surface area contributed by atoms with Crippen molar-refractivity contribution in [1.82, 2.24) is 10.2 Å².